The molecule has 2 aromatic carbocycles. The minimum absolute atomic E-state index is 0.0540. The van der Waals surface area contributed by atoms with E-state index in [1.54, 1.807) is 12.1 Å². The Morgan fingerprint density at radius 3 is 2.69 bits per heavy atom. The molecular weight excluding hydrogens is 423 g/mol. The van der Waals surface area contributed by atoms with Gasteiger partial charge < -0.3 is 18.8 Å². The third-order valence-electron chi connectivity index (χ3n) is 6.26. The van der Waals surface area contributed by atoms with Gasteiger partial charge in [0.1, 0.15) is 17.3 Å². The number of furan rings is 1. The van der Waals surface area contributed by atoms with E-state index in [9.17, 15) is 18.0 Å². The van der Waals surface area contributed by atoms with Crippen molar-refractivity contribution in [1.29, 1.82) is 0 Å². The van der Waals surface area contributed by atoms with Crippen molar-refractivity contribution < 1.29 is 31.9 Å². The first-order chi connectivity index (χ1) is 15.4. The molecule has 0 radical (unpaired) electrons. The van der Waals surface area contributed by atoms with Crippen molar-refractivity contribution in [3.8, 4) is 11.5 Å². The van der Waals surface area contributed by atoms with E-state index in [1.165, 1.54) is 11.0 Å². The van der Waals surface area contributed by atoms with Gasteiger partial charge in [0.25, 0.3) is 5.91 Å². The Bertz CT molecular complexity index is 1230. The zero-order valence-electron chi connectivity index (χ0n) is 16.8. The highest BCUT2D eigenvalue weighted by molar-refractivity contribution is 6.02. The molecule has 2 unspecified atom stereocenters. The van der Waals surface area contributed by atoms with Crippen molar-refractivity contribution in [2.45, 2.75) is 37.6 Å². The lowest BCUT2D eigenvalue weighted by molar-refractivity contribution is -0.153. The largest absolute Gasteiger partial charge is 0.493 e. The van der Waals surface area contributed by atoms with Crippen molar-refractivity contribution in [3.63, 3.8) is 0 Å². The molecule has 1 amide bonds. The first-order valence-corrected chi connectivity index (χ1v) is 10.4. The summed E-state index contributed by atoms with van der Waals surface area (Å²) in [5, 5.41) is 0. The SMILES string of the molecule is O=C1C2Oc3cc4c(cc3C2c2ccccc2N1Cc1ccc(C(F)(F)F)o1)CCCO4. The first kappa shape index (κ1) is 19.3. The Hall–Kier alpha value is -3.42. The van der Waals surface area contributed by atoms with Crippen LogP contribution in [0, 0.1) is 0 Å². The third kappa shape index (κ3) is 2.89. The van der Waals surface area contributed by atoms with Gasteiger partial charge in [-0.1, -0.05) is 18.2 Å². The van der Waals surface area contributed by atoms with Crippen LogP contribution in [0.15, 0.2) is 52.9 Å². The lowest BCUT2D eigenvalue weighted by atomic mass is 9.82. The maximum Gasteiger partial charge on any atom is 0.449 e. The summed E-state index contributed by atoms with van der Waals surface area (Å²) >= 11 is 0. The fraction of sp³-hybridized carbons (Fsp3) is 0.292. The summed E-state index contributed by atoms with van der Waals surface area (Å²) in [5.41, 5.74) is 3.59. The molecule has 4 heterocycles. The van der Waals surface area contributed by atoms with E-state index in [1.807, 2.05) is 18.2 Å². The fourth-order valence-corrected chi connectivity index (χ4v) is 4.84. The smallest absolute Gasteiger partial charge is 0.449 e. The lowest BCUT2D eigenvalue weighted by Crippen LogP contribution is -2.47. The molecular formula is C24H18F3NO4. The number of alkyl halides is 3. The number of ether oxygens (including phenoxy) is 2. The normalized spacial score (nSPS) is 21.2. The van der Waals surface area contributed by atoms with Crippen LogP contribution in [0.2, 0.25) is 0 Å². The van der Waals surface area contributed by atoms with Gasteiger partial charge >= 0.3 is 6.18 Å². The summed E-state index contributed by atoms with van der Waals surface area (Å²) in [4.78, 5) is 14.9. The molecule has 164 valence electrons. The lowest BCUT2D eigenvalue weighted by Gasteiger charge is -2.35. The summed E-state index contributed by atoms with van der Waals surface area (Å²) in [5.74, 6) is -0.227. The molecule has 8 heteroatoms. The second kappa shape index (κ2) is 6.79. The molecule has 3 aromatic rings. The number of carbonyl (C=O) groups excluding carboxylic acids is 1. The van der Waals surface area contributed by atoms with E-state index >= 15 is 0 Å². The van der Waals surface area contributed by atoms with Crippen LogP contribution in [0.4, 0.5) is 18.9 Å². The van der Waals surface area contributed by atoms with E-state index in [4.69, 9.17) is 13.9 Å². The molecule has 3 aliphatic heterocycles. The van der Waals surface area contributed by atoms with Gasteiger partial charge in [0, 0.05) is 17.3 Å². The highest BCUT2D eigenvalue weighted by Crippen LogP contribution is 2.51. The van der Waals surface area contributed by atoms with Gasteiger partial charge in [-0.15, -0.1) is 0 Å². The van der Waals surface area contributed by atoms with Gasteiger partial charge in [-0.25, -0.2) is 0 Å². The Balaban J connectivity index is 1.40. The van der Waals surface area contributed by atoms with Crippen molar-refractivity contribution >= 4 is 11.6 Å². The second-order valence-electron chi connectivity index (χ2n) is 8.21. The third-order valence-corrected chi connectivity index (χ3v) is 6.26. The molecule has 0 saturated heterocycles. The van der Waals surface area contributed by atoms with Crippen molar-refractivity contribution in [1.82, 2.24) is 0 Å². The Morgan fingerprint density at radius 1 is 1.03 bits per heavy atom. The van der Waals surface area contributed by atoms with E-state index in [2.05, 4.69) is 6.07 Å². The number of nitrogens with zero attached hydrogens (tertiary/aromatic N) is 1. The molecule has 0 bridgehead atoms. The predicted molar refractivity (Wildman–Crippen MR) is 108 cm³/mol. The number of fused-ring (bicyclic) bond motifs is 6. The van der Waals surface area contributed by atoms with E-state index in [-0.39, 0.29) is 24.1 Å². The van der Waals surface area contributed by atoms with Crippen LogP contribution in [0.1, 0.15) is 40.5 Å². The van der Waals surface area contributed by atoms with Crippen LogP contribution in [0.3, 0.4) is 0 Å². The molecule has 32 heavy (non-hydrogen) atoms. The predicted octanol–water partition coefficient (Wildman–Crippen LogP) is 5.06. The molecule has 3 aliphatic rings. The van der Waals surface area contributed by atoms with Gasteiger partial charge in [0.2, 0.25) is 5.76 Å². The number of aryl methyl sites for hydroxylation is 1. The molecule has 0 fully saturated rings. The number of carbonyl (C=O) groups is 1. The minimum atomic E-state index is -4.58. The number of hydrogen-bond donors (Lipinski definition) is 0. The second-order valence-corrected chi connectivity index (χ2v) is 8.21. The topological polar surface area (TPSA) is 51.9 Å². The number of halogens is 3. The molecule has 0 N–H and O–H groups in total. The maximum atomic E-state index is 13.5. The summed E-state index contributed by atoms with van der Waals surface area (Å²) < 4.78 is 55.7. The standard InChI is InChI=1S/C24H18F3NO4/c25-24(26,27)20-8-7-14(31-20)12-28-17-6-2-1-5-15(17)21-16-10-13-4-3-9-30-18(13)11-19(16)32-22(21)23(28)29/h1-2,5-8,10-11,21-22H,3-4,9,12H2. The van der Waals surface area contributed by atoms with Gasteiger partial charge in [-0.2, -0.15) is 13.2 Å². The molecule has 6 rings (SSSR count). The monoisotopic (exact) mass is 441 g/mol. The highest BCUT2D eigenvalue weighted by atomic mass is 19.4. The Kier molecular flexibility index (Phi) is 4.09. The number of rotatable bonds is 2. The summed E-state index contributed by atoms with van der Waals surface area (Å²) in [7, 11) is 0. The minimum Gasteiger partial charge on any atom is -0.493 e. The molecule has 0 spiro atoms. The summed E-state index contributed by atoms with van der Waals surface area (Å²) in [6.45, 7) is 0.533. The average molecular weight is 441 g/mol. The maximum absolute atomic E-state index is 13.5. The van der Waals surface area contributed by atoms with E-state index < -0.39 is 18.0 Å². The summed E-state index contributed by atoms with van der Waals surface area (Å²) in [6, 6.07) is 13.5. The van der Waals surface area contributed by atoms with Crippen LogP contribution < -0.4 is 14.4 Å². The zero-order chi connectivity index (χ0) is 22.0. The molecule has 1 aromatic heterocycles. The number of para-hydroxylation sites is 1. The average Bonchev–Trinajstić information content (AvgIpc) is 3.40. The van der Waals surface area contributed by atoms with Crippen LogP contribution in [0.5, 0.6) is 11.5 Å². The van der Waals surface area contributed by atoms with Crippen LogP contribution in [0.25, 0.3) is 0 Å². The van der Waals surface area contributed by atoms with Gasteiger partial charge in [-0.3, -0.25) is 4.79 Å². The van der Waals surface area contributed by atoms with Crippen molar-refractivity contribution in [3.05, 3.63) is 76.7 Å². The number of benzene rings is 2. The Labute approximate surface area is 181 Å². The van der Waals surface area contributed by atoms with E-state index in [0.29, 0.717) is 18.0 Å². The number of anilines is 1. The van der Waals surface area contributed by atoms with Crippen molar-refractivity contribution in [2.24, 2.45) is 0 Å². The van der Waals surface area contributed by atoms with Gasteiger partial charge in [-0.05, 0) is 48.2 Å². The molecule has 5 nitrogen and oxygen atoms in total. The van der Waals surface area contributed by atoms with Crippen LogP contribution >= 0.6 is 0 Å². The fourth-order valence-electron chi connectivity index (χ4n) is 4.84. The van der Waals surface area contributed by atoms with Gasteiger partial charge in [0.15, 0.2) is 6.10 Å². The van der Waals surface area contributed by atoms with Gasteiger partial charge in [0.05, 0.1) is 19.1 Å². The highest BCUT2D eigenvalue weighted by Gasteiger charge is 2.48. The number of hydrogen-bond acceptors (Lipinski definition) is 4. The first-order valence-electron chi connectivity index (χ1n) is 10.4. The molecule has 0 saturated carbocycles. The number of amides is 1. The molecule has 2 atom stereocenters. The Morgan fingerprint density at radius 2 is 1.88 bits per heavy atom. The van der Waals surface area contributed by atoms with Crippen LogP contribution in [-0.4, -0.2) is 18.6 Å². The van der Waals surface area contributed by atoms with E-state index in [0.717, 1.165) is 41.3 Å². The quantitative estimate of drug-likeness (QED) is 0.558. The van der Waals surface area contributed by atoms with Crippen LogP contribution in [-0.2, 0) is 23.9 Å². The zero-order valence-corrected chi connectivity index (χ0v) is 16.8. The molecule has 0 aliphatic carbocycles. The summed E-state index contributed by atoms with van der Waals surface area (Å²) in [6.07, 6.45) is -3.53. The van der Waals surface area contributed by atoms with Crippen molar-refractivity contribution in [2.75, 3.05) is 11.5 Å².